The summed E-state index contributed by atoms with van der Waals surface area (Å²) in [5.41, 5.74) is 4.56. The van der Waals surface area contributed by atoms with Crippen molar-refractivity contribution in [2.45, 2.75) is 19.6 Å². The molecule has 0 saturated carbocycles. The molecule has 38 heavy (non-hydrogen) atoms. The summed E-state index contributed by atoms with van der Waals surface area (Å²) >= 11 is 0. The van der Waals surface area contributed by atoms with Gasteiger partial charge in [0.15, 0.2) is 0 Å². The smallest absolute Gasteiger partial charge is 0.218 e. The molecule has 0 amide bonds. The zero-order chi connectivity index (χ0) is 26.5. The third-order valence-electron chi connectivity index (χ3n) is 6.41. The van der Waals surface area contributed by atoms with E-state index in [9.17, 15) is 0 Å². The normalized spacial score (nSPS) is 11.2. The lowest BCUT2D eigenvalue weighted by molar-refractivity contribution is 0.235. The Bertz CT molecular complexity index is 1460. The summed E-state index contributed by atoms with van der Waals surface area (Å²) in [4.78, 5) is 16.4. The minimum absolute atomic E-state index is 0.569. The Morgan fingerprint density at radius 3 is 1.61 bits per heavy atom. The molecule has 8 heteroatoms. The van der Waals surface area contributed by atoms with E-state index in [4.69, 9.17) is 28.9 Å². The van der Waals surface area contributed by atoms with Crippen molar-refractivity contribution >= 4 is 21.8 Å². The summed E-state index contributed by atoms with van der Waals surface area (Å²) in [5.74, 6) is 2.73. The highest BCUT2D eigenvalue weighted by atomic mass is 16.5. The molecule has 8 nitrogen and oxygen atoms in total. The minimum atomic E-state index is 0.569. The SMILES string of the molecule is COc1ccc2nc(OC)c(CN(Cc3ccccn3)Cc3cc4cc(OC)ccc4nc3OC)cc2c1. The Kier molecular flexibility index (Phi) is 7.51. The van der Waals surface area contributed by atoms with Gasteiger partial charge in [-0.2, -0.15) is 0 Å². The van der Waals surface area contributed by atoms with E-state index in [1.54, 1.807) is 28.4 Å². The lowest BCUT2D eigenvalue weighted by Gasteiger charge is -2.24. The summed E-state index contributed by atoms with van der Waals surface area (Å²) in [6, 6.07) is 21.8. The van der Waals surface area contributed by atoms with Gasteiger partial charge in [0.25, 0.3) is 0 Å². The summed E-state index contributed by atoms with van der Waals surface area (Å²) in [6.45, 7) is 1.75. The third-order valence-corrected chi connectivity index (χ3v) is 6.41. The van der Waals surface area contributed by atoms with Crippen molar-refractivity contribution in [2.24, 2.45) is 0 Å². The van der Waals surface area contributed by atoms with Gasteiger partial charge in [-0.25, -0.2) is 9.97 Å². The van der Waals surface area contributed by atoms with Crippen molar-refractivity contribution in [3.05, 3.63) is 89.7 Å². The molecule has 3 aromatic heterocycles. The maximum absolute atomic E-state index is 5.70. The van der Waals surface area contributed by atoms with Crippen molar-refractivity contribution in [1.29, 1.82) is 0 Å². The molecule has 3 heterocycles. The van der Waals surface area contributed by atoms with Crippen molar-refractivity contribution < 1.29 is 18.9 Å². The van der Waals surface area contributed by atoms with Crippen LogP contribution in [0.4, 0.5) is 0 Å². The first-order valence-electron chi connectivity index (χ1n) is 12.3. The number of methoxy groups -OCH3 is 4. The number of nitrogens with zero attached hydrogens (tertiary/aromatic N) is 4. The summed E-state index contributed by atoms with van der Waals surface area (Å²) in [5, 5.41) is 1.96. The van der Waals surface area contributed by atoms with Crippen LogP contribution in [0.15, 0.2) is 72.9 Å². The molecule has 0 bridgehead atoms. The first kappa shape index (κ1) is 25.2. The van der Waals surface area contributed by atoms with Gasteiger partial charge in [-0.15, -0.1) is 0 Å². The molecule has 0 N–H and O–H groups in total. The number of rotatable bonds is 10. The highest BCUT2D eigenvalue weighted by molar-refractivity contribution is 5.82. The number of aromatic nitrogens is 3. The van der Waals surface area contributed by atoms with E-state index in [1.807, 2.05) is 60.8 Å². The maximum Gasteiger partial charge on any atom is 0.218 e. The van der Waals surface area contributed by atoms with Gasteiger partial charge in [0.05, 0.1) is 45.2 Å². The quantitative estimate of drug-likeness (QED) is 0.247. The Morgan fingerprint density at radius 2 is 1.16 bits per heavy atom. The highest BCUT2D eigenvalue weighted by Crippen LogP contribution is 2.30. The molecule has 0 fully saturated rings. The molecule has 0 spiro atoms. The molecule has 5 rings (SSSR count). The first-order valence-corrected chi connectivity index (χ1v) is 12.3. The summed E-state index contributed by atoms with van der Waals surface area (Å²) in [6.07, 6.45) is 1.81. The van der Waals surface area contributed by atoms with Crippen molar-refractivity contribution in [1.82, 2.24) is 19.9 Å². The number of pyridine rings is 3. The molecule has 194 valence electrons. The van der Waals surface area contributed by atoms with Gasteiger partial charge in [-0.1, -0.05) is 6.07 Å². The Morgan fingerprint density at radius 1 is 0.605 bits per heavy atom. The first-order chi connectivity index (χ1) is 18.6. The van der Waals surface area contributed by atoms with E-state index in [0.29, 0.717) is 31.4 Å². The van der Waals surface area contributed by atoms with Crippen LogP contribution in [-0.4, -0.2) is 48.3 Å². The molecule has 0 unspecified atom stereocenters. The fourth-order valence-corrected chi connectivity index (χ4v) is 4.57. The fraction of sp³-hybridized carbons (Fsp3) is 0.233. The Labute approximate surface area is 221 Å². The van der Waals surface area contributed by atoms with E-state index in [-0.39, 0.29) is 0 Å². The van der Waals surface area contributed by atoms with Crippen LogP contribution in [-0.2, 0) is 19.6 Å². The summed E-state index contributed by atoms with van der Waals surface area (Å²) in [7, 11) is 6.62. The highest BCUT2D eigenvalue weighted by Gasteiger charge is 2.18. The second-order valence-corrected chi connectivity index (χ2v) is 8.90. The van der Waals surface area contributed by atoms with Crippen molar-refractivity contribution in [3.63, 3.8) is 0 Å². The average Bonchev–Trinajstić information content (AvgIpc) is 2.96. The van der Waals surface area contributed by atoms with E-state index >= 15 is 0 Å². The summed E-state index contributed by atoms with van der Waals surface area (Å²) < 4.78 is 22.3. The molecule has 0 radical (unpaired) electrons. The topological polar surface area (TPSA) is 78.8 Å². The number of hydrogen-bond acceptors (Lipinski definition) is 8. The van der Waals surface area contributed by atoms with Gasteiger partial charge in [0.1, 0.15) is 11.5 Å². The standard InChI is InChI=1S/C30H30N4O4/c1-35-25-8-10-27-20(15-25)13-22(29(32-27)37-3)17-34(19-24-7-5-6-12-31-24)18-23-14-21-16-26(36-2)9-11-28(21)33-30(23)38-4/h5-16H,17-19H2,1-4H3. The fourth-order valence-electron chi connectivity index (χ4n) is 4.57. The number of fused-ring (bicyclic) bond motifs is 2. The van der Waals surface area contributed by atoms with Crippen LogP contribution < -0.4 is 18.9 Å². The van der Waals surface area contributed by atoms with Gasteiger partial charge in [-0.05, 0) is 60.7 Å². The molecule has 5 aromatic rings. The molecular formula is C30H30N4O4. The van der Waals surface area contributed by atoms with E-state index in [1.165, 1.54) is 0 Å². The Hall–Kier alpha value is -4.43. The van der Waals surface area contributed by atoms with Crippen LogP contribution in [0.2, 0.25) is 0 Å². The zero-order valence-corrected chi connectivity index (χ0v) is 22.0. The number of ether oxygens (including phenoxy) is 4. The third kappa shape index (κ3) is 5.45. The van der Waals surface area contributed by atoms with Crippen LogP contribution in [0.3, 0.4) is 0 Å². The lowest BCUT2D eigenvalue weighted by atomic mass is 10.1. The van der Waals surface area contributed by atoms with Crippen LogP contribution in [0.5, 0.6) is 23.3 Å². The molecule has 0 saturated heterocycles. The molecule has 0 aliphatic rings. The van der Waals surface area contributed by atoms with Gasteiger partial charge in [0.2, 0.25) is 11.8 Å². The van der Waals surface area contributed by atoms with E-state index in [0.717, 1.165) is 50.1 Å². The molecular weight excluding hydrogens is 480 g/mol. The predicted molar refractivity (Wildman–Crippen MR) is 147 cm³/mol. The largest absolute Gasteiger partial charge is 0.497 e. The van der Waals surface area contributed by atoms with Crippen LogP contribution in [0.25, 0.3) is 21.8 Å². The van der Waals surface area contributed by atoms with E-state index in [2.05, 4.69) is 22.0 Å². The number of benzene rings is 2. The second-order valence-electron chi connectivity index (χ2n) is 8.90. The average molecular weight is 511 g/mol. The van der Waals surface area contributed by atoms with Crippen molar-refractivity contribution in [3.8, 4) is 23.3 Å². The monoisotopic (exact) mass is 510 g/mol. The van der Waals surface area contributed by atoms with Crippen molar-refractivity contribution in [2.75, 3.05) is 28.4 Å². The van der Waals surface area contributed by atoms with Crippen LogP contribution in [0, 0.1) is 0 Å². The molecule has 0 aliphatic carbocycles. The maximum atomic E-state index is 5.70. The van der Waals surface area contributed by atoms with Crippen LogP contribution in [0.1, 0.15) is 16.8 Å². The van der Waals surface area contributed by atoms with Gasteiger partial charge < -0.3 is 18.9 Å². The van der Waals surface area contributed by atoms with Gasteiger partial charge >= 0.3 is 0 Å². The molecule has 0 atom stereocenters. The minimum Gasteiger partial charge on any atom is -0.497 e. The van der Waals surface area contributed by atoms with Gasteiger partial charge in [-0.3, -0.25) is 9.88 Å². The molecule has 0 aliphatic heterocycles. The van der Waals surface area contributed by atoms with E-state index < -0.39 is 0 Å². The zero-order valence-electron chi connectivity index (χ0n) is 22.0. The van der Waals surface area contributed by atoms with Crippen LogP contribution >= 0.6 is 0 Å². The number of hydrogen-bond donors (Lipinski definition) is 0. The lowest BCUT2D eigenvalue weighted by Crippen LogP contribution is -2.24. The molecule has 2 aromatic carbocycles. The second kappa shape index (κ2) is 11.3. The van der Waals surface area contributed by atoms with Gasteiger partial charge in [0, 0.05) is 47.7 Å². The predicted octanol–water partition coefficient (Wildman–Crippen LogP) is 5.41. The Balaban J connectivity index is 1.54.